The lowest BCUT2D eigenvalue weighted by Gasteiger charge is -2.06. The van der Waals surface area contributed by atoms with Crippen molar-refractivity contribution < 1.29 is 0 Å². The van der Waals surface area contributed by atoms with Crippen LogP contribution >= 0.6 is 11.7 Å². The van der Waals surface area contributed by atoms with Gasteiger partial charge in [-0.1, -0.05) is 6.07 Å². The Bertz CT molecular complexity index is 1010. The Hall–Kier alpha value is -2.58. The first-order chi connectivity index (χ1) is 12.4. The van der Waals surface area contributed by atoms with Gasteiger partial charge in [0.1, 0.15) is 16.7 Å². The summed E-state index contributed by atoms with van der Waals surface area (Å²) in [5.74, 6) is 0.900. The highest BCUT2D eigenvalue weighted by atomic mass is 32.1. The first-order valence-electron chi connectivity index (χ1n) is 8.37. The highest BCUT2D eigenvalue weighted by Crippen LogP contribution is 2.21. The van der Waals surface area contributed by atoms with Crippen molar-refractivity contribution in [1.82, 2.24) is 33.4 Å². The van der Waals surface area contributed by atoms with Crippen LogP contribution in [-0.2, 0) is 19.6 Å². The molecule has 0 bridgehead atoms. The second-order valence-electron chi connectivity index (χ2n) is 6.24. The lowest BCUT2D eigenvalue weighted by atomic mass is 10.2. The maximum Gasteiger partial charge on any atom is 0.160 e. The molecule has 126 valence electrons. The normalized spacial score (nSPS) is 14.6. The second kappa shape index (κ2) is 6.05. The number of nitrogens with zero attached hydrogens (tertiary/aromatic N) is 6. The van der Waals surface area contributed by atoms with Crippen LogP contribution in [0.3, 0.4) is 0 Å². The van der Waals surface area contributed by atoms with Crippen LogP contribution in [0.4, 0.5) is 0 Å². The van der Waals surface area contributed by atoms with E-state index in [4.69, 9.17) is 5.10 Å². The summed E-state index contributed by atoms with van der Waals surface area (Å²) in [5, 5.41) is 8.20. The van der Waals surface area contributed by atoms with E-state index in [2.05, 4.69) is 46.5 Å². The van der Waals surface area contributed by atoms with Crippen LogP contribution < -0.4 is 5.32 Å². The van der Waals surface area contributed by atoms with Crippen molar-refractivity contribution in [3.8, 4) is 11.5 Å². The number of hydrogen-bond donors (Lipinski definition) is 1. The molecule has 8 heteroatoms. The van der Waals surface area contributed by atoms with Crippen LogP contribution in [-0.4, -0.2) is 34.6 Å². The molecule has 0 amide bonds. The monoisotopic (exact) mass is 351 g/mol. The summed E-state index contributed by atoms with van der Waals surface area (Å²) in [7, 11) is 0. The molecule has 5 rings (SSSR count). The molecule has 0 spiro atoms. The van der Waals surface area contributed by atoms with E-state index in [0.29, 0.717) is 0 Å². The summed E-state index contributed by atoms with van der Waals surface area (Å²) in [6, 6.07) is 8.36. The molecule has 4 heterocycles. The van der Waals surface area contributed by atoms with Crippen molar-refractivity contribution in [1.29, 1.82) is 0 Å². The van der Waals surface area contributed by atoms with E-state index in [-0.39, 0.29) is 0 Å². The van der Waals surface area contributed by atoms with E-state index < -0.39 is 0 Å². The zero-order chi connectivity index (χ0) is 16.6. The SMILES string of the molecule is c1cn(Cc2ccc3nsnc3c2)c(-c2cc3n(n2)CCCNC3)n1. The fourth-order valence-corrected chi connectivity index (χ4v) is 3.78. The highest BCUT2D eigenvalue weighted by Gasteiger charge is 2.15. The van der Waals surface area contributed by atoms with E-state index in [1.54, 1.807) is 0 Å². The Morgan fingerprint density at radius 2 is 2.12 bits per heavy atom. The molecule has 7 nitrogen and oxygen atoms in total. The lowest BCUT2D eigenvalue weighted by molar-refractivity contribution is 0.588. The Morgan fingerprint density at radius 3 is 3.12 bits per heavy atom. The van der Waals surface area contributed by atoms with Crippen molar-refractivity contribution in [3.05, 3.63) is 47.9 Å². The van der Waals surface area contributed by atoms with Crippen LogP contribution in [0, 0.1) is 0 Å². The van der Waals surface area contributed by atoms with E-state index in [9.17, 15) is 0 Å². The fraction of sp³-hybridized carbons (Fsp3) is 0.294. The Balaban J connectivity index is 1.47. The van der Waals surface area contributed by atoms with Gasteiger partial charge in [-0.25, -0.2) is 4.98 Å². The molecule has 0 fully saturated rings. The van der Waals surface area contributed by atoms with Crippen LogP contribution in [0.1, 0.15) is 17.7 Å². The minimum absolute atomic E-state index is 0.739. The van der Waals surface area contributed by atoms with E-state index in [1.165, 1.54) is 23.0 Å². The second-order valence-corrected chi connectivity index (χ2v) is 6.77. The third-order valence-corrected chi connectivity index (χ3v) is 5.07. The van der Waals surface area contributed by atoms with Gasteiger partial charge < -0.3 is 9.88 Å². The third-order valence-electron chi connectivity index (χ3n) is 4.51. The number of nitrogens with one attached hydrogen (secondary N) is 1. The molecule has 1 aromatic carbocycles. The molecule has 0 atom stereocenters. The van der Waals surface area contributed by atoms with Gasteiger partial charge in [-0.2, -0.15) is 13.8 Å². The van der Waals surface area contributed by atoms with Crippen LogP contribution in [0.2, 0.25) is 0 Å². The van der Waals surface area contributed by atoms with Crippen molar-refractivity contribution in [2.75, 3.05) is 6.54 Å². The van der Waals surface area contributed by atoms with Gasteiger partial charge in [0, 0.05) is 32.0 Å². The van der Waals surface area contributed by atoms with Crippen molar-refractivity contribution in [3.63, 3.8) is 0 Å². The highest BCUT2D eigenvalue weighted by molar-refractivity contribution is 7.00. The van der Waals surface area contributed by atoms with Gasteiger partial charge in [-0.3, -0.25) is 4.68 Å². The van der Waals surface area contributed by atoms with Crippen LogP contribution in [0.25, 0.3) is 22.6 Å². The summed E-state index contributed by atoms with van der Waals surface area (Å²) in [4.78, 5) is 4.54. The van der Waals surface area contributed by atoms with Gasteiger partial charge in [0.25, 0.3) is 0 Å². The Morgan fingerprint density at radius 1 is 1.16 bits per heavy atom. The molecule has 1 aliphatic rings. The van der Waals surface area contributed by atoms with Gasteiger partial charge in [-0.05, 0) is 36.7 Å². The predicted molar refractivity (Wildman–Crippen MR) is 96.3 cm³/mol. The van der Waals surface area contributed by atoms with Gasteiger partial charge in [0.2, 0.25) is 0 Å². The summed E-state index contributed by atoms with van der Waals surface area (Å²) in [6.07, 6.45) is 4.94. The molecule has 0 aliphatic carbocycles. The Kier molecular flexibility index (Phi) is 3.57. The average molecular weight is 351 g/mol. The molecule has 0 saturated carbocycles. The van der Waals surface area contributed by atoms with E-state index in [1.807, 2.05) is 18.5 Å². The number of aryl methyl sites for hydroxylation is 1. The zero-order valence-corrected chi connectivity index (χ0v) is 14.4. The first-order valence-corrected chi connectivity index (χ1v) is 9.10. The number of rotatable bonds is 3. The van der Waals surface area contributed by atoms with Crippen molar-refractivity contribution in [2.24, 2.45) is 0 Å². The van der Waals surface area contributed by atoms with E-state index >= 15 is 0 Å². The van der Waals surface area contributed by atoms with Gasteiger partial charge in [0.05, 0.1) is 17.4 Å². The Labute approximate surface area is 148 Å². The molecule has 3 aromatic heterocycles. The molecule has 25 heavy (non-hydrogen) atoms. The van der Waals surface area contributed by atoms with Crippen LogP contribution in [0.15, 0.2) is 36.7 Å². The minimum Gasteiger partial charge on any atom is -0.325 e. The summed E-state index contributed by atoms with van der Waals surface area (Å²) in [5.41, 5.74) is 5.23. The number of fused-ring (bicyclic) bond motifs is 2. The smallest absolute Gasteiger partial charge is 0.160 e. The zero-order valence-electron chi connectivity index (χ0n) is 13.6. The number of hydrogen-bond acceptors (Lipinski definition) is 6. The molecule has 1 N–H and O–H groups in total. The number of benzene rings is 1. The molecule has 0 saturated heterocycles. The van der Waals surface area contributed by atoms with Crippen molar-refractivity contribution in [2.45, 2.75) is 26.1 Å². The van der Waals surface area contributed by atoms with E-state index in [0.717, 1.165) is 55.2 Å². The first kappa shape index (κ1) is 14.7. The molecule has 1 aliphatic heterocycles. The topological polar surface area (TPSA) is 73.5 Å². The summed E-state index contributed by atoms with van der Waals surface area (Å²) in [6.45, 7) is 3.60. The quantitative estimate of drug-likeness (QED) is 0.613. The maximum absolute atomic E-state index is 4.77. The third kappa shape index (κ3) is 2.73. The minimum atomic E-state index is 0.739. The van der Waals surface area contributed by atoms with Gasteiger partial charge in [-0.15, -0.1) is 0 Å². The van der Waals surface area contributed by atoms with Gasteiger partial charge in [0.15, 0.2) is 5.82 Å². The lowest BCUT2D eigenvalue weighted by Crippen LogP contribution is -2.11. The maximum atomic E-state index is 4.77. The molecule has 0 unspecified atom stereocenters. The predicted octanol–water partition coefficient (Wildman–Crippen LogP) is 2.29. The number of imidazole rings is 1. The standard InChI is InChI=1S/C17H17N7S/c1-4-18-10-13-9-16(20-24(13)6-1)17-19-5-7-23(17)11-12-2-3-14-15(8-12)22-25-21-14/h2-3,5,7-9,18H,1,4,6,10-11H2. The summed E-state index contributed by atoms with van der Waals surface area (Å²) < 4.78 is 12.8. The summed E-state index contributed by atoms with van der Waals surface area (Å²) >= 11 is 1.25. The number of aromatic nitrogens is 6. The molecular weight excluding hydrogens is 334 g/mol. The van der Waals surface area contributed by atoms with Gasteiger partial charge >= 0.3 is 0 Å². The molecular formula is C17H17N7S. The average Bonchev–Trinajstić information content (AvgIpc) is 3.32. The van der Waals surface area contributed by atoms with Crippen LogP contribution in [0.5, 0.6) is 0 Å². The largest absolute Gasteiger partial charge is 0.325 e. The van der Waals surface area contributed by atoms with Crippen molar-refractivity contribution >= 4 is 22.8 Å². The molecule has 4 aromatic rings. The fourth-order valence-electron chi connectivity index (χ4n) is 3.26. The molecule has 0 radical (unpaired) electrons.